The zero-order valence-electron chi connectivity index (χ0n) is 11.1. The molecule has 0 saturated carbocycles. The zero-order chi connectivity index (χ0) is 14.8. The van der Waals surface area contributed by atoms with Gasteiger partial charge in [-0.25, -0.2) is 4.98 Å². The Bertz CT molecular complexity index is 642. The van der Waals surface area contributed by atoms with Gasteiger partial charge in [-0.15, -0.1) is 11.3 Å². The molecule has 0 spiro atoms. The van der Waals surface area contributed by atoms with Gasteiger partial charge in [-0.05, 0) is 12.1 Å². The van der Waals surface area contributed by atoms with Crippen LogP contribution in [0.3, 0.4) is 0 Å². The smallest absolute Gasteiger partial charge is 0.294 e. The normalized spacial score (nSPS) is 15.3. The molecule has 8 heteroatoms. The van der Waals surface area contributed by atoms with Crippen LogP contribution in [0.1, 0.15) is 0 Å². The minimum atomic E-state index is -0.381. The van der Waals surface area contributed by atoms with Crippen molar-refractivity contribution < 1.29 is 4.92 Å². The van der Waals surface area contributed by atoms with Gasteiger partial charge in [-0.2, -0.15) is 0 Å². The molecule has 0 radical (unpaired) electrons. The average molecular weight is 325 g/mol. The van der Waals surface area contributed by atoms with Crippen molar-refractivity contribution in [1.82, 2.24) is 4.98 Å². The summed E-state index contributed by atoms with van der Waals surface area (Å²) in [6.07, 6.45) is 1.79. The highest BCUT2D eigenvalue weighted by Gasteiger charge is 2.24. The second kappa shape index (κ2) is 5.87. The standard InChI is InChI=1S/C13H13ClN4O2S/c14-10-1-2-11(12(9-10)18(19)20)16-4-6-17(7-5-16)13-15-3-8-21-13/h1-3,8-9H,4-7H2. The molecule has 1 aliphatic heterocycles. The predicted molar refractivity (Wildman–Crippen MR) is 84.6 cm³/mol. The maximum absolute atomic E-state index is 11.2. The lowest BCUT2D eigenvalue weighted by atomic mass is 10.2. The fourth-order valence-corrected chi connectivity index (χ4v) is 3.28. The molecule has 0 atom stereocenters. The van der Waals surface area contributed by atoms with E-state index >= 15 is 0 Å². The highest BCUT2D eigenvalue weighted by atomic mass is 35.5. The first-order chi connectivity index (χ1) is 10.1. The summed E-state index contributed by atoms with van der Waals surface area (Å²) < 4.78 is 0. The molecule has 110 valence electrons. The number of piperazine rings is 1. The summed E-state index contributed by atoms with van der Waals surface area (Å²) >= 11 is 7.46. The van der Waals surface area contributed by atoms with E-state index in [9.17, 15) is 10.1 Å². The number of hydrogen-bond acceptors (Lipinski definition) is 6. The van der Waals surface area contributed by atoms with E-state index in [1.54, 1.807) is 29.7 Å². The second-order valence-corrected chi connectivity index (χ2v) is 5.99. The van der Waals surface area contributed by atoms with Crippen LogP contribution in [0.15, 0.2) is 29.8 Å². The number of thiazole rings is 1. The Hall–Kier alpha value is -1.86. The molecule has 1 aromatic carbocycles. The van der Waals surface area contributed by atoms with Gasteiger partial charge in [0.05, 0.1) is 4.92 Å². The van der Waals surface area contributed by atoms with Crippen molar-refractivity contribution in [2.45, 2.75) is 0 Å². The van der Waals surface area contributed by atoms with Crippen molar-refractivity contribution in [3.63, 3.8) is 0 Å². The van der Waals surface area contributed by atoms with Gasteiger partial charge in [-0.3, -0.25) is 10.1 Å². The molecule has 1 aliphatic rings. The Labute approximate surface area is 130 Å². The number of nitro groups is 1. The van der Waals surface area contributed by atoms with Crippen LogP contribution >= 0.6 is 22.9 Å². The molecular weight excluding hydrogens is 312 g/mol. The fourth-order valence-electron chi connectivity index (χ4n) is 2.42. The third kappa shape index (κ3) is 2.93. The van der Waals surface area contributed by atoms with E-state index < -0.39 is 0 Å². The molecule has 3 rings (SSSR count). The maximum Gasteiger partial charge on any atom is 0.294 e. The quantitative estimate of drug-likeness (QED) is 0.641. The Balaban J connectivity index is 1.76. The minimum absolute atomic E-state index is 0.0604. The highest BCUT2D eigenvalue weighted by molar-refractivity contribution is 7.13. The topological polar surface area (TPSA) is 62.5 Å². The number of rotatable bonds is 3. The predicted octanol–water partition coefficient (Wildman–Crippen LogP) is 3.03. The number of hydrogen-bond donors (Lipinski definition) is 0. The van der Waals surface area contributed by atoms with Crippen molar-refractivity contribution in [3.05, 3.63) is 44.9 Å². The van der Waals surface area contributed by atoms with E-state index in [4.69, 9.17) is 11.6 Å². The van der Waals surface area contributed by atoms with E-state index in [0.717, 1.165) is 31.3 Å². The third-order valence-corrected chi connectivity index (χ3v) is 4.51. The average Bonchev–Trinajstić information content (AvgIpc) is 3.01. The summed E-state index contributed by atoms with van der Waals surface area (Å²) in [6, 6.07) is 4.82. The fraction of sp³-hybridized carbons (Fsp3) is 0.308. The van der Waals surface area contributed by atoms with Crippen LogP contribution < -0.4 is 9.80 Å². The number of benzene rings is 1. The maximum atomic E-state index is 11.2. The van der Waals surface area contributed by atoms with Gasteiger partial charge in [0.15, 0.2) is 5.13 Å². The van der Waals surface area contributed by atoms with E-state index in [2.05, 4.69) is 9.88 Å². The van der Waals surface area contributed by atoms with Gasteiger partial charge in [0, 0.05) is 48.8 Å². The lowest BCUT2D eigenvalue weighted by Gasteiger charge is -2.35. The number of halogens is 1. The molecule has 0 N–H and O–H groups in total. The molecule has 2 aromatic rings. The first-order valence-corrected chi connectivity index (χ1v) is 7.74. The Kier molecular flexibility index (Phi) is 3.94. The molecule has 1 saturated heterocycles. The van der Waals surface area contributed by atoms with E-state index in [0.29, 0.717) is 10.7 Å². The molecule has 0 unspecified atom stereocenters. The minimum Gasteiger partial charge on any atom is -0.362 e. The van der Waals surface area contributed by atoms with E-state index in [1.165, 1.54) is 6.07 Å². The van der Waals surface area contributed by atoms with Crippen LogP contribution in [0, 0.1) is 10.1 Å². The Morgan fingerprint density at radius 3 is 2.57 bits per heavy atom. The third-order valence-electron chi connectivity index (χ3n) is 3.44. The number of aromatic nitrogens is 1. The number of anilines is 2. The monoisotopic (exact) mass is 324 g/mol. The lowest BCUT2D eigenvalue weighted by Crippen LogP contribution is -2.46. The van der Waals surface area contributed by atoms with Gasteiger partial charge < -0.3 is 9.80 Å². The Morgan fingerprint density at radius 1 is 1.24 bits per heavy atom. The second-order valence-electron chi connectivity index (χ2n) is 4.68. The van der Waals surface area contributed by atoms with Crippen LogP contribution in [0.5, 0.6) is 0 Å². The first kappa shape index (κ1) is 14.1. The van der Waals surface area contributed by atoms with E-state index in [-0.39, 0.29) is 10.6 Å². The van der Waals surface area contributed by atoms with Crippen molar-refractivity contribution >= 4 is 39.4 Å². The SMILES string of the molecule is O=[N+]([O-])c1cc(Cl)ccc1N1CCN(c2nccs2)CC1. The summed E-state index contributed by atoms with van der Waals surface area (Å²) in [7, 11) is 0. The van der Waals surface area contributed by atoms with Crippen molar-refractivity contribution in [2.24, 2.45) is 0 Å². The van der Waals surface area contributed by atoms with Crippen LogP contribution in [-0.2, 0) is 0 Å². The lowest BCUT2D eigenvalue weighted by molar-refractivity contribution is -0.384. The molecule has 0 aliphatic carbocycles. The van der Waals surface area contributed by atoms with Gasteiger partial charge in [0.25, 0.3) is 5.69 Å². The largest absolute Gasteiger partial charge is 0.362 e. The molecule has 6 nitrogen and oxygen atoms in total. The highest BCUT2D eigenvalue weighted by Crippen LogP contribution is 2.32. The van der Waals surface area contributed by atoms with Crippen molar-refractivity contribution in [3.8, 4) is 0 Å². The molecule has 0 bridgehead atoms. The zero-order valence-corrected chi connectivity index (χ0v) is 12.7. The van der Waals surface area contributed by atoms with E-state index in [1.807, 2.05) is 10.3 Å². The molecular formula is C13H13ClN4O2S. The number of nitrogens with zero attached hydrogens (tertiary/aromatic N) is 4. The molecule has 1 fully saturated rings. The van der Waals surface area contributed by atoms with Gasteiger partial charge in [0.2, 0.25) is 0 Å². The van der Waals surface area contributed by atoms with Crippen molar-refractivity contribution in [2.75, 3.05) is 36.0 Å². The summed E-state index contributed by atoms with van der Waals surface area (Å²) in [4.78, 5) is 19.3. The summed E-state index contributed by atoms with van der Waals surface area (Å²) in [5.74, 6) is 0. The first-order valence-electron chi connectivity index (χ1n) is 6.48. The van der Waals surface area contributed by atoms with Gasteiger partial charge in [-0.1, -0.05) is 11.6 Å². The van der Waals surface area contributed by atoms with Gasteiger partial charge in [0.1, 0.15) is 5.69 Å². The Morgan fingerprint density at radius 2 is 1.95 bits per heavy atom. The molecule has 2 heterocycles. The molecule has 0 amide bonds. The molecule has 21 heavy (non-hydrogen) atoms. The molecule has 1 aromatic heterocycles. The van der Waals surface area contributed by atoms with Gasteiger partial charge >= 0.3 is 0 Å². The summed E-state index contributed by atoms with van der Waals surface area (Å²) in [6.45, 7) is 3.05. The van der Waals surface area contributed by atoms with Crippen LogP contribution in [0.2, 0.25) is 5.02 Å². The number of nitro benzene ring substituents is 1. The summed E-state index contributed by atoms with van der Waals surface area (Å²) in [5.41, 5.74) is 0.688. The van der Waals surface area contributed by atoms with Crippen LogP contribution in [-0.4, -0.2) is 36.1 Å². The van der Waals surface area contributed by atoms with Crippen LogP contribution in [0.25, 0.3) is 0 Å². The van der Waals surface area contributed by atoms with Crippen LogP contribution in [0.4, 0.5) is 16.5 Å². The van der Waals surface area contributed by atoms with Crippen molar-refractivity contribution in [1.29, 1.82) is 0 Å². The summed E-state index contributed by atoms with van der Waals surface area (Å²) in [5, 5.41) is 14.5.